The second kappa shape index (κ2) is 12.3. The first-order valence-electron chi connectivity index (χ1n) is 11.7. The van der Waals surface area contributed by atoms with Crippen molar-refractivity contribution in [3.05, 3.63) is 35.9 Å². The van der Waals surface area contributed by atoms with E-state index >= 15 is 0 Å². The lowest BCUT2D eigenvalue weighted by Gasteiger charge is -2.34. The van der Waals surface area contributed by atoms with Crippen LogP contribution in [0.5, 0.6) is 0 Å². The average molecular weight is 417 g/mol. The zero-order valence-corrected chi connectivity index (χ0v) is 19.0. The van der Waals surface area contributed by atoms with Crippen LogP contribution in [-0.2, 0) is 9.47 Å². The van der Waals surface area contributed by atoms with Crippen molar-refractivity contribution in [2.75, 3.05) is 52.5 Å². The van der Waals surface area contributed by atoms with E-state index in [0.29, 0.717) is 17.9 Å². The van der Waals surface area contributed by atoms with Crippen molar-refractivity contribution in [1.82, 2.24) is 15.5 Å². The van der Waals surface area contributed by atoms with Crippen LogP contribution >= 0.6 is 0 Å². The Morgan fingerprint density at radius 1 is 1.13 bits per heavy atom. The van der Waals surface area contributed by atoms with Crippen LogP contribution in [0.1, 0.15) is 45.3 Å². The topological polar surface area (TPSA) is 58.1 Å². The van der Waals surface area contributed by atoms with Gasteiger partial charge in [0.2, 0.25) is 0 Å². The Morgan fingerprint density at radius 3 is 2.60 bits per heavy atom. The van der Waals surface area contributed by atoms with Crippen LogP contribution in [0.15, 0.2) is 35.3 Å². The molecule has 2 N–H and O–H groups in total. The highest BCUT2D eigenvalue weighted by Gasteiger charge is 2.29. The van der Waals surface area contributed by atoms with Gasteiger partial charge in [-0.3, -0.25) is 9.89 Å². The lowest BCUT2D eigenvalue weighted by Crippen LogP contribution is -2.46. The summed E-state index contributed by atoms with van der Waals surface area (Å²) in [6.45, 7) is 13.8. The van der Waals surface area contributed by atoms with Crippen LogP contribution in [0.4, 0.5) is 0 Å². The maximum absolute atomic E-state index is 6.05. The van der Waals surface area contributed by atoms with E-state index in [-0.39, 0.29) is 6.10 Å². The summed E-state index contributed by atoms with van der Waals surface area (Å²) >= 11 is 0. The molecule has 1 aromatic rings. The Balaban J connectivity index is 1.58. The number of morpholine rings is 1. The number of ether oxygens (including phenoxy) is 2. The van der Waals surface area contributed by atoms with Gasteiger partial charge >= 0.3 is 0 Å². The normalized spacial score (nSPS) is 24.2. The van der Waals surface area contributed by atoms with Gasteiger partial charge in [-0.15, -0.1) is 0 Å². The van der Waals surface area contributed by atoms with E-state index in [4.69, 9.17) is 14.5 Å². The van der Waals surface area contributed by atoms with Crippen LogP contribution in [0, 0.1) is 11.8 Å². The Bertz CT molecular complexity index is 631. The number of nitrogens with zero attached hydrogens (tertiary/aromatic N) is 2. The van der Waals surface area contributed by atoms with Gasteiger partial charge in [-0.25, -0.2) is 0 Å². The van der Waals surface area contributed by atoms with Crippen LogP contribution < -0.4 is 10.6 Å². The molecule has 0 aromatic heterocycles. The fourth-order valence-corrected chi connectivity index (χ4v) is 4.45. The molecule has 2 fully saturated rings. The van der Waals surface area contributed by atoms with Gasteiger partial charge in [0.1, 0.15) is 0 Å². The van der Waals surface area contributed by atoms with E-state index in [1.165, 1.54) is 5.56 Å². The third kappa shape index (κ3) is 6.96. The highest BCUT2D eigenvalue weighted by molar-refractivity contribution is 5.79. The fourth-order valence-electron chi connectivity index (χ4n) is 4.45. The zero-order valence-electron chi connectivity index (χ0n) is 19.0. The van der Waals surface area contributed by atoms with Crippen molar-refractivity contribution in [3.8, 4) is 0 Å². The van der Waals surface area contributed by atoms with Gasteiger partial charge < -0.3 is 20.1 Å². The van der Waals surface area contributed by atoms with Crippen LogP contribution in [0.25, 0.3) is 0 Å². The molecule has 2 heterocycles. The smallest absolute Gasteiger partial charge is 0.191 e. The van der Waals surface area contributed by atoms with Gasteiger partial charge in [0.05, 0.1) is 25.9 Å². The molecule has 2 saturated heterocycles. The van der Waals surface area contributed by atoms with E-state index in [0.717, 1.165) is 71.3 Å². The molecule has 2 aliphatic heterocycles. The maximum Gasteiger partial charge on any atom is 0.191 e. The number of guanidine groups is 1. The lowest BCUT2D eigenvalue weighted by molar-refractivity contribution is 0.0143. The number of benzene rings is 1. The van der Waals surface area contributed by atoms with Crippen LogP contribution in [0.3, 0.4) is 0 Å². The first kappa shape index (κ1) is 23.0. The zero-order chi connectivity index (χ0) is 21.2. The minimum Gasteiger partial charge on any atom is -0.379 e. The van der Waals surface area contributed by atoms with Gasteiger partial charge in [0.15, 0.2) is 5.96 Å². The summed E-state index contributed by atoms with van der Waals surface area (Å²) in [6, 6.07) is 11.0. The average Bonchev–Trinajstić information content (AvgIpc) is 3.24. The standard InChI is InChI=1S/C24H40N4O2/c1-4-25-24(27-18-22(16-19(2)3)28-11-14-29-15-12-28)26-17-21-10-13-30-23(21)20-8-6-5-7-9-20/h5-9,19,21-23H,4,10-18H2,1-3H3,(H2,25,26,27). The van der Waals surface area contributed by atoms with Crippen molar-refractivity contribution < 1.29 is 9.47 Å². The molecular formula is C24H40N4O2. The third-order valence-electron chi connectivity index (χ3n) is 5.98. The lowest BCUT2D eigenvalue weighted by atomic mass is 9.95. The van der Waals surface area contributed by atoms with Gasteiger partial charge in [-0.05, 0) is 31.2 Å². The van der Waals surface area contributed by atoms with Gasteiger partial charge in [0.25, 0.3) is 0 Å². The first-order valence-corrected chi connectivity index (χ1v) is 11.7. The minimum atomic E-state index is 0.170. The Labute approximate surface area is 182 Å². The van der Waals surface area contributed by atoms with Crippen molar-refractivity contribution in [1.29, 1.82) is 0 Å². The molecule has 6 nitrogen and oxygen atoms in total. The van der Waals surface area contributed by atoms with E-state index in [1.54, 1.807) is 0 Å². The van der Waals surface area contributed by atoms with Gasteiger partial charge in [-0.2, -0.15) is 0 Å². The molecular weight excluding hydrogens is 376 g/mol. The van der Waals surface area contributed by atoms with Crippen molar-refractivity contribution >= 4 is 5.96 Å². The summed E-state index contributed by atoms with van der Waals surface area (Å²) in [5.41, 5.74) is 1.27. The Kier molecular flexibility index (Phi) is 9.43. The van der Waals surface area contributed by atoms with Crippen molar-refractivity contribution in [3.63, 3.8) is 0 Å². The van der Waals surface area contributed by atoms with E-state index in [2.05, 4.69) is 66.6 Å². The number of hydrogen-bond donors (Lipinski definition) is 2. The molecule has 0 aliphatic carbocycles. The Morgan fingerprint density at radius 2 is 1.90 bits per heavy atom. The van der Waals surface area contributed by atoms with E-state index in [1.807, 2.05) is 0 Å². The first-order chi connectivity index (χ1) is 14.7. The molecule has 168 valence electrons. The molecule has 3 unspecified atom stereocenters. The number of nitrogens with one attached hydrogen (secondary N) is 2. The number of aliphatic imine (C=N–C) groups is 1. The highest BCUT2D eigenvalue weighted by Crippen LogP contribution is 2.33. The summed E-state index contributed by atoms with van der Waals surface area (Å²) in [4.78, 5) is 7.52. The van der Waals surface area contributed by atoms with Crippen molar-refractivity contribution in [2.24, 2.45) is 16.8 Å². The molecule has 3 rings (SSSR count). The summed E-state index contributed by atoms with van der Waals surface area (Å²) in [7, 11) is 0. The summed E-state index contributed by atoms with van der Waals surface area (Å²) in [5.74, 6) is 2.03. The molecule has 6 heteroatoms. The van der Waals surface area contributed by atoms with E-state index < -0.39 is 0 Å². The quantitative estimate of drug-likeness (QED) is 0.479. The molecule has 3 atom stereocenters. The van der Waals surface area contributed by atoms with Crippen LogP contribution in [-0.4, -0.2) is 69.4 Å². The van der Waals surface area contributed by atoms with Crippen molar-refractivity contribution in [2.45, 2.75) is 45.8 Å². The SMILES string of the molecule is CCNC(=NCC(CC(C)C)N1CCOCC1)NCC1CCOC1c1ccccc1. The second-order valence-electron chi connectivity index (χ2n) is 8.78. The molecule has 0 amide bonds. The predicted molar refractivity (Wildman–Crippen MR) is 123 cm³/mol. The Hall–Kier alpha value is -1.63. The van der Waals surface area contributed by atoms with E-state index in [9.17, 15) is 0 Å². The maximum atomic E-state index is 6.05. The molecule has 1 aromatic carbocycles. The van der Waals surface area contributed by atoms with Crippen LogP contribution in [0.2, 0.25) is 0 Å². The molecule has 0 bridgehead atoms. The molecule has 0 spiro atoms. The molecule has 2 aliphatic rings. The number of rotatable bonds is 9. The monoisotopic (exact) mass is 416 g/mol. The summed E-state index contributed by atoms with van der Waals surface area (Å²) < 4.78 is 11.6. The molecule has 0 radical (unpaired) electrons. The highest BCUT2D eigenvalue weighted by atomic mass is 16.5. The third-order valence-corrected chi connectivity index (χ3v) is 5.98. The molecule has 0 saturated carbocycles. The minimum absolute atomic E-state index is 0.170. The van der Waals surface area contributed by atoms with Gasteiger partial charge in [0, 0.05) is 44.7 Å². The second-order valence-corrected chi connectivity index (χ2v) is 8.78. The predicted octanol–water partition coefficient (Wildman–Crippen LogP) is 3.07. The summed E-state index contributed by atoms with van der Waals surface area (Å²) in [6.07, 6.45) is 2.41. The van der Waals surface area contributed by atoms with Gasteiger partial charge in [-0.1, -0.05) is 44.2 Å². The number of hydrogen-bond acceptors (Lipinski definition) is 4. The molecule has 30 heavy (non-hydrogen) atoms. The summed E-state index contributed by atoms with van der Waals surface area (Å²) in [5, 5.41) is 7.02. The largest absolute Gasteiger partial charge is 0.379 e. The fraction of sp³-hybridized carbons (Fsp3) is 0.708.